The molecule has 5 rings (SSSR count). The number of piperidine rings is 1. The Morgan fingerprint density at radius 2 is 1.93 bits per heavy atom. The maximum Gasteiger partial charge on any atom is 0.133 e. The van der Waals surface area contributed by atoms with Gasteiger partial charge in [-0.25, -0.2) is 4.68 Å². The lowest BCUT2D eigenvalue weighted by Crippen LogP contribution is -2.34. The largest absolute Gasteiger partial charge is 0.369 e. The molecule has 1 atom stereocenters. The number of likely N-dealkylation sites (tertiary alicyclic amines) is 1. The van der Waals surface area contributed by atoms with E-state index in [-0.39, 0.29) is 0 Å². The molecule has 2 aromatic carbocycles. The third-order valence-corrected chi connectivity index (χ3v) is 6.06. The lowest BCUT2D eigenvalue weighted by Gasteiger charge is -2.32. The Bertz CT molecular complexity index is 1030. The van der Waals surface area contributed by atoms with Gasteiger partial charge >= 0.3 is 0 Å². The fourth-order valence-corrected chi connectivity index (χ4v) is 4.66. The van der Waals surface area contributed by atoms with Gasteiger partial charge in [0.2, 0.25) is 0 Å². The number of nitrogens with zero attached hydrogens (tertiary/aromatic N) is 4. The Balaban J connectivity index is 1.41. The van der Waals surface area contributed by atoms with E-state index >= 15 is 0 Å². The van der Waals surface area contributed by atoms with Crippen LogP contribution < -0.4 is 5.32 Å². The summed E-state index contributed by atoms with van der Waals surface area (Å²) >= 11 is 0. The van der Waals surface area contributed by atoms with Gasteiger partial charge in [-0.3, -0.25) is 4.90 Å². The lowest BCUT2D eigenvalue weighted by atomic mass is 9.91. The van der Waals surface area contributed by atoms with Gasteiger partial charge in [-0.2, -0.15) is 10.4 Å². The molecule has 0 spiro atoms. The highest BCUT2D eigenvalue weighted by Crippen LogP contribution is 2.36. The third-order valence-electron chi connectivity index (χ3n) is 6.06. The lowest BCUT2D eigenvalue weighted by molar-refractivity contribution is 0.198. The molecule has 1 saturated heterocycles. The molecule has 5 nitrogen and oxygen atoms in total. The average Bonchev–Trinajstić information content (AvgIpc) is 3.38. The van der Waals surface area contributed by atoms with E-state index < -0.39 is 0 Å². The van der Waals surface area contributed by atoms with E-state index in [0.717, 1.165) is 44.1 Å². The molecule has 146 valence electrons. The van der Waals surface area contributed by atoms with Gasteiger partial charge in [-0.1, -0.05) is 30.3 Å². The van der Waals surface area contributed by atoms with Crippen molar-refractivity contribution >= 4 is 5.82 Å². The van der Waals surface area contributed by atoms with Crippen LogP contribution in [0.4, 0.5) is 5.82 Å². The van der Waals surface area contributed by atoms with Gasteiger partial charge in [0.1, 0.15) is 5.82 Å². The highest BCUT2D eigenvalue weighted by atomic mass is 15.3. The molecule has 0 amide bonds. The van der Waals surface area contributed by atoms with Crippen molar-refractivity contribution in [1.29, 1.82) is 5.26 Å². The number of fused-ring (bicyclic) bond motifs is 1. The number of nitrogens with one attached hydrogen (secondary N) is 1. The average molecular weight is 383 g/mol. The number of aromatic nitrogens is 2. The zero-order valence-electron chi connectivity index (χ0n) is 16.5. The fraction of sp³-hybridized carbons (Fsp3) is 0.333. The van der Waals surface area contributed by atoms with Crippen molar-refractivity contribution in [2.24, 2.45) is 0 Å². The van der Waals surface area contributed by atoms with Gasteiger partial charge in [0.05, 0.1) is 23.0 Å². The molecule has 29 heavy (non-hydrogen) atoms. The summed E-state index contributed by atoms with van der Waals surface area (Å²) in [5, 5.41) is 17.7. The second-order valence-corrected chi connectivity index (χ2v) is 8.02. The van der Waals surface area contributed by atoms with Crippen LogP contribution in [0.5, 0.6) is 0 Å². The summed E-state index contributed by atoms with van der Waals surface area (Å²) in [6.45, 7) is 4.19. The van der Waals surface area contributed by atoms with Crippen molar-refractivity contribution < 1.29 is 0 Å². The van der Waals surface area contributed by atoms with E-state index in [2.05, 4.69) is 46.6 Å². The molecule has 5 heteroatoms. The summed E-state index contributed by atoms with van der Waals surface area (Å²) in [6.07, 6.45) is 3.45. The molecule has 0 bridgehead atoms. The number of hydrogen-bond donors (Lipinski definition) is 1. The van der Waals surface area contributed by atoms with Crippen molar-refractivity contribution in [3.8, 4) is 11.8 Å². The maximum absolute atomic E-state index is 9.07. The van der Waals surface area contributed by atoms with Crippen LogP contribution in [0.25, 0.3) is 5.69 Å². The van der Waals surface area contributed by atoms with E-state index in [1.807, 2.05) is 28.9 Å². The topological polar surface area (TPSA) is 56.9 Å². The van der Waals surface area contributed by atoms with E-state index in [1.165, 1.54) is 29.7 Å². The van der Waals surface area contributed by atoms with Crippen LogP contribution >= 0.6 is 0 Å². The molecule has 3 aromatic rings. The number of nitriles is 1. The predicted octanol–water partition coefficient (Wildman–Crippen LogP) is 4.09. The summed E-state index contributed by atoms with van der Waals surface area (Å²) in [7, 11) is 0. The Labute approximate surface area is 171 Å². The van der Waals surface area contributed by atoms with Gasteiger partial charge in [-0.05, 0) is 55.6 Å². The Morgan fingerprint density at radius 1 is 1.10 bits per heavy atom. The summed E-state index contributed by atoms with van der Waals surface area (Å²) < 4.78 is 2.04. The van der Waals surface area contributed by atoms with Crippen LogP contribution in [0, 0.1) is 11.3 Å². The number of hydrogen-bond acceptors (Lipinski definition) is 4. The first kappa shape index (κ1) is 18.0. The van der Waals surface area contributed by atoms with E-state index in [0.29, 0.717) is 11.5 Å². The van der Waals surface area contributed by atoms with E-state index in [4.69, 9.17) is 10.4 Å². The first-order chi connectivity index (χ1) is 14.3. The molecule has 3 heterocycles. The van der Waals surface area contributed by atoms with Gasteiger partial charge in [0.25, 0.3) is 0 Å². The fourth-order valence-electron chi connectivity index (χ4n) is 4.66. The van der Waals surface area contributed by atoms with Crippen molar-refractivity contribution in [2.75, 3.05) is 25.0 Å². The Morgan fingerprint density at radius 3 is 2.72 bits per heavy atom. The number of rotatable bonds is 4. The minimum atomic E-state index is 0.473. The smallest absolute Gasteiger partial charge is 0.133 e. The Kier molecular flexibility index (Phi) is 4.79. The highest BCUT2D eigenvalue weighted by molar-refractivity contribution is 5.58. The van der Waals surface area contributed by atoms with Gasteiger partial charge in [-0.15, -0.1) is 0 Å². The summed E-state index contributed by atoms with van der Waals surface area (Å²) in [5.41, 5.74) is 5.70. The van der Waals surface area contributed by atoms with Crippen LogP contribution in [0.15, 0.2) is 54.6 Å². The minimum Gasteiger partial charge on any atom is -0.369 e. The molecular weight excluding hydrogens is 358 g/mol. The quantitative estimate of drug-likeness (QED) is 0.737. The zero-order valence-corrected chi connectivity index (χ0v) is 16.5. The molecule has 1 aromatic heterocycles. The van der Waals surface area contributed by atoms with Gasteiger partial charge < -0.3 is 5.32 Å². The molecule has 0 saturated carbocycles. The van der Waals surface area contributed by atoms with Crippen molar-refractivity contribution in [3.05, 3.63) is 77.0 Å². The van der Waals surface area contributed by atoms with E-state index in [1.54, 1.807) is 0 Å². The Hall–Kier alpha value is -3.10. The first-order valence-electron chi connectivity index (χ1n) is 10.4. The van der Waals surface area contributed by atoms with Gasteiger partial charge in [0, 0.05) is 31.1 Å². The molecule has 0 aliphatic carbocycles. The second-order valence-electron chi connectivity index (χ2n) is 8.02. The summed E-state index contributed by atoms with van der Waals surface area (Å²) in [4.78, 5) is 2.57. The summed E-state index contributed by atoms with van der Waals surface area (Å²) in [5.74, 6) is 1.60. The number of benzene rings is 2. The maximum atomic E-state index is 9.07. The predicted molar refractivity (Wildman–Crippen MR) is 114 cm³/mol. The van der Waals surface area contributed by atoms with Crippen LogP contribution in [0.1, 0.15) is 41.1 Å². The second kappa shape index (κ2) is 7.73. The highest BCUT2D eigenvalue weighted by Gasteiger charge is 2.30. The van der Waals surface area contributed by atoms with Crippen LogP contribution in [0.3, 0.4) is 0 Å². The zero-order chi connectivity index (χ0) is 19.6. The van der Waals surface area contributed by atoms with E-state index in [9.17, 15) is 0 Å². The minimum absolute atomic E-state index is 0.473. The van der Waals surface area contributed by atoms with Crippen LogP contribution in [-0.2, 0) is 13.0 Å². The molecule has 2 aliphatic rings. The van der Waals surface area contributed by atoms with Gasteiger partial charge in [0.15, 0.2) is 0 Å². The molecule has 1 fully saturated rings. The monoisotopic (exact) mass is 383 g/mol. The van der Waals surface area contributed by atoms with Crippen molar-refractivity contribution in [1.82, 2.24) is 14.7 Å². The van der Waals surface area contributed by atoms with Crippen LogP contribution in [-0.4, -0.2) is 34.3 Å². The number of anilines is 1. The molecule has 0 radical (unpaired) electrons. The first-order valence-corrected chi connectivity index (χ1v) is 10.4. The standard InChI is InChI=1S/C24H25N5/c25-15-18-8-10-21(11-9-18)29-24-22(12-13-26-24)23(27-29)20-7-4-14-28(17-20)16-19-5-2-1-3-6-19/h1-3,5-6,8-11,20,26H,4,7,12-14,16-17H2. The van der Waals surface area contributed by atoms with Crippen LogP contribution in [0.2, 0.25) is 0 Å². The molecular formula is C24H25N5. The summed E-state index contributed by atoms with van der Waals surface area (Å²) in [6, 6.07) is 20.6. The van der Waals surface area contributed by atoms with Crippen molar-refractivity contribution in [2.45, 2.75) is 31.7 Å². The van der Waals surface area contributed by atoms with Crippen molar-refractivity contribution in [3.63, 3.8) is 0 Å². The molecule has 1 N–H and O–H groups in total. The molecule has 1 unspecified atom stereocenters. The third kappa shape index (κ3) is 3.52. The molecule has 2 aliphatic heterocycles. The SMILES string of the molecule is N#Cc1ccc(-n2nc(C3CCCN(Cc4ccccc4)C3)c3c2NCC3)cc1. The normalized spacial score (nSPS) is 18.8.